The molecule has 2 aromatic carbocycles. The lowest BCUT2D eigenvalue weighted by atomic mass is 9.89. The number of halogens is 3. The van der Waals surface area contributed by atoms with E-state index in [4.69, 9.17) is 0 Å². The standard InChI is InChI=1S/C27H27F3N4O2S/c1-17-16-34-24(18(2)32-26(34)37-17)25(35)31-15-19-3-7-22(8-4-19)33-13-11-21(12-14-33)20-5-9-23(10-6-20)36-27(28,29)30/h3-10,16,21H,11-15H2,1-2H3,(H,31,35). The molecule has 2 aromatic heterocycles. The highest BCUT2D eigenvalue weighted by Gasteiger charge is 2.31. The van der Waals surface area contributed by atoms with Gasteiger partial charge in [-0.3, -0.25) is 9.20 Å². The summed E-state index contributed by atoms with van der Waals surface area (Å²) in [7, 11) is 0. The fraction of sp³-hybridized carbons (Fsp3) is 0.333. The third-order valence-electron chi connectivity index (χ3n) is 6.67. The second kappa shape index (κ2) is 10.1. The third-order valence-corrected chi connectivity index (χ3v) is 7.56. The average molecular weight is 529 g/mol. The third kappa shape index (κ3) is 5.74. The van der Waals surface area contributed by atoms with Gasteiger partial charge in [0.1, 0.15) is 11.4 Å². The van der Waals surface area contributed by atoms with Gasteiger partial charge in [-0.1, -0.05) is 24.3 Å². The number of amides is 1. The molecule has 37 heavy (non-hydrogen) atoms. The lowest BCUT2D eigenvalue weighted by Gasteiger charge is -2.34. The molecule has 0 aliphatic carbocycles. The zero-order chi connectivity index (χ0) is 26.2. The predicted octanol–water partition coefficient (Wildman–Crippen LogP) is 6.23. The van der Waals surface area contributed by atoms with Gasteiger partial charge in [0, 0.05) is 36.4 Å². The fourth-order valence-corrected chi connectivity index (χ4v) is 5.71. The molecule has 3 heterocycles. The van der Waals surface area contributed by atoms with Crippen molar-refractivity contribution in [3.8, 4) is 5.75 Å². The van der Waals surface area contributed by atoms with Crippen LogP contribution in [0.3, 0.4) is 0 Å². The van der Waals surface area contributed by atoms with Gasteiger partial charge >= 0.3 is 6.36 Å². The lowest BCUT2D eigenvalue weighted by molar-refractivity contribution is -0.274. The Kier molecular flexibility index (Phi) is 6.85. The van der Waals surface area contributed by atoms with E-state index in [1.54, 1.807) is 23.5 Å². The van der Waals surface area contributed by atoms with Gasteiger partial charge in [0.05, 0.1) is 5.69 Å². The van der Waals surface area contributed by atoms with Crippen LogP contribution in [-0.2, 0) is 6.54 Å². The molecule has 1 saturated heterocycles. The summed E-state index contributed by atoms with van der Waals surface area (Å²) < 4.78 is 43.0. The van der Waals surface area contributed by atoms with E-state index in [2.05, 4.69) is 32.1 Å². The van der Waals surface area contributed by atoms with Crippen LogP contribution in [0.4, 0.5) is 18.9 Å². The first-order valence-electron chi connectivity index (χ1n) is 12.1. The van der Waals surface area contributed by atoms with Crippen LogP contribution in [0.25, 0.3) is 4.96 Å². The van der Waals surface area contributed by atoms with Crippen LogP contribution < -0.4 is 15.0 Å². The number of aryl methyl sites for hydroxylation is 2. The van der Waals surface area contributed by atoms with E-state index in [0.717, 1.165) is 52.6 Å². The topological polar surface area (TPSA) is 58.9 Å². The van der Waals surface area contributed by atoms with Crippen LogP contribution in [0.5, 0.6) is 5.75 Å². The monoisotopic (exact) mass is 528 g/mol. The van der Waals surface area contributed by atoms with Crippen molar-refractivity contribution in [1.29, 1.82) is 0 Å². The van der Waals surface area contributed by atoms with Crippen molar-refractivity contribution in [2.24, 2.45) is 0 Å². The largest absolute Gasteiger partial charge is 0.573 e. The highest BCUT2D eigenvalue weighted by Crippen LogP contribution is 2.32. The zero-order valence-electron chi connectivity index (χ0n) is 20.5. The number of benzene rings is 2. The minimum atomic E-state index is -4.68. The number of nitrogens with one attached hydrogen (secondary N) is 1. The number of nitrogens with zero attached hydrogens (tertiary/aromatic N) is 3. The molecule has 1 aliphatic rings. The summed E-state index contributed by atoms with van der Waals surface area (Å²) in [5.41, 5.74) is 4.44. The maximum absolute atomic E-state index is 12.8. The summed E-state index contributed by atoms with van der Waals surface area (Å²) >= 11 is 1.56. The normalized spacial score (nSPS) is 14.8. The zero-order valence-corrected chi connectivity index (χ0v) is 21.3. The van der Waals surface area contributed by atoms with Gasteiger partial charge in [0.15, 0.2) is 4.96 Å². The summed E-state index contributed by atoms with van der Waals surface area (Å²) in [4.78, 5) is 21.5. The predicted molar refractivity (Wildman–Crippen MR) is 137 cm³/mol. The van der Waals surface area contributed by atoms with Gasteiger partial charge in [0.2, 0.25) is 0 Å². The van der Waals surface area contributed by atoms with Crippen molar-refractivity contribution >= 4 is 27.9 Å². The number of ether oxygens (including phenoxy) is 1. The Hall–Kier alpha value is -3.53. The Morgan fingerprint density at radius 2 is 1.76 bits per heavy atom. The number of hydrogen-bond donors (Lipinski definition) is 1. The van der Waals surface area contributed by atoms with E-state index >= 15 is 0 Å². The Morgan fingerprint density at radius 1 is 1.08 bits per heavy atom. The molecule has 6 nitrogen and oxygen atoms in total. The molecule has 1 fully saturated rings. The molecule has 0 unspecified atom stereocenters. The van der Waals surface area contributed by atoms with Crippen molar-refractivity contribution in [2.45, 2.75) is 45.5 Å². The number of carbonyl (C=O) groups excluding carboxylic acids is 1. The van der Waals surface area contributed by atoms with Crippen LogP contribution in [-0.4, -0.2) is 34.7 Å². The highest BCUT2D eigenvalue weighted by molar-refractivity contribution is 7.17. The Labute approximate surface area is 216 Å². The quantitative estimate of drug-likeness (QED) is 0.323. The van der Waals surface area contributed by atoms with Crippen LogP contribution >= 0.6 is 11.3 Å². The number of fused-ring (bicyclic) bond motifs is 1. The van der Waals surface area contributed by atoms with E-state index in [9.17, 15) is 18.0 Å². The molecule has 0 radical (unpaired) electrons. The molecular weight excluding hydrogens is 501 g/mol. The number of aromatic nitrogens is 2. The molecule has 1 aliphatic heterocycles. The van der Waals surface area contributed by atoms with Gasteiger partial charge in [-0.25, -0.2) is 4.98 Å². The number of imidazole rings is 1. The Morgan fingerprint density at radius 3 is 2.41 bits per heavy atom. The molecule has 1 amide bonds. The van der Waals surface area contributed by atoms with Crippen LogP contribution in [0.15, 0.2) is 54.7 Å². The van der Waals surface area contributed by atoms with Crippen LogP contribution in [0.1, 0.15) is 50.9 Å². The molecule has 0 spiro atoms. The first-order valence-corrected chi connectivity index (χ1v) is 12.9. The Balaban J connectivity index is 1.14. The highest BCUT2D eigenvalue weighted by atomic mass is 32.1. The van der Waals surface area contributed by atoms with Gasteiger partial charge in [-0.05, 0) is 68.0 Å². The maximum Gasteiger partial charge on any atom is 0.573 e. The number of rotatable bonds is 6. The van der Waals surface area contributed by atoms with Crippen molar-refractivity contribution in [1.82, 2.24) is 14.7 Å². The smallest absolute Gasteiger partial charge is 0.406 e. The number of hydrogen-bond acceptors (Lipinski definition) is 5. The molecule has 0 bridgehead atoms. The average Bonchev–Trinajstić information content (AvgIpc) is 3.36. The molecule has 0 atom stereocenters. The second-order valence-electron chi connectivity index (χ2n) is 9.27. The molecule has 4 aromatic rings. The summed E-state index contributed by atoms with van der Waals surface area (Å²) in [5, 5.41) is 3.00. The first-order chi connectivity index (χ1) is 17.7. The summed E-state index contributed by atoms with van der Waals surface area (Å²) in [6, 6.07) is 14.4. The number of thiazole rings is 1. The van der Waals surface area contributed by atoms with Crippen LogP contribution in [0, 0.1) is 13.8 Å². The van der Waals surface area contributed by atoms with E-state index in [1.807, 2.05) is 36.6 Å². The van der Waals surface area contributed by atoms with Crippen molar-refractivity contribution in [3.63, 3.8) is 0 Å². The van der Waals surface area contributed by atoms with E-state index in [-0.39, 0.29) is 11.7 Å². The summed E-state index contributed by atoms with van der Waals surface area (Å²) in [5.74, 6) is -0.0387. The second-order valence-corrected chi connectivity index (χ2v) is 10.5. The lowest BCUT2D eigenvalue weighted by Crippen LogP contribution is -2.32. The van der Waals surface area contributed by atoms with E-state index in [1.165, 1.54) is 12.1 Å². The van der Waals surface area contributed by atoms with Gasteiger partial charge in [0.25, 0.3) is 5.91 Å². The first kappa shape index (κ1) is 25.1. The van der Waals surface area contributed by atoms with Crippen LogP contribution in [0.2, 0.25) is 0 Å². The molecule has 10 heteroatoms. The van der Waals surface area contributed by atoms with Gasteiger partial charge in [-0.15, -0.1) is 24.5 Å². The van der Waals surface area contributed by atoms with Gasteiger partial charge in [-0.2, -0.15) is 0 Å². The fourth-order valence-electron chi connectivity index (χ4n) is 4.84. The SMILES string of the molecule is Cc1cn2c(C(=O)NCc3ccc(N4CCC(c5ccc(OC(F)(F)F)cc5)CC4)cc3)c(C)nc2s1. The van der Waals surface area contributed by atoms with Crippen molar-refractivity contribution in [2.75, 3.05) is 18.0 Å². The summed E-state index contributed by atoms with van der Waals surface area (Å²) in [6.45, 7) is 5.98. The van der Waals surface area contributed by atoms with E-state index in [0.29, 0.717) is 23.9 Å². The molecule has 1 N–H and O–H groups in total. The minimum Gasteiger partial charge on any atom is -0.406 e. The molecular formula is C27H27F3N4O2S. The Bertz CT molecular complexity index is 1390. The van der Waals surface area contributed by atoms with Crippen molar-refractivity contribution < 1.29 is 22.7 Å². The molecule has 194 valence electrons. The molecule has 0 saturated carbocycles. The number of anilines is 1. The number of alkyl halides is 3. The van der Waals surface area contributed by atoms with Crippen molar-refractivity contribution in [3.05, 3.63) is 82.1 Å². The molecule has 5 rings (SSSR count). The number of carbonyl (C=O) groups is 1. The van der Waals surface area contributed by atoms with E-state index < -0.39 is 6.36 Å². The number of piperidine rings is 1. The van der Waals surface area contributed by atoms with Gasteiger partial charge < -0.3 is 15.0 Å². The maximum atomic E-state index is 12.8. The summed E-state index contributed by atoms with van der Waals surface area (Å²) in [6.07, 6.45) is -0.912. The minimum absolute atomic E-state index is 0.146.